The van der Waals surface area contributed by atoms with Crippen molar-refractivity contribution in [2.24, 2.45) is 0 Å². The first-order chi connectivity index (χ1) is 5.70. The fourth-order valence-electron chi connectivity index (χ4n) is 0.667. The molecule has 0 bridgehead atoms. The van der Waals surface area contributed by atoms with Crippen LogP contribution in [-0.2, 0) is 0 Å². The summed E-state index contributed by atoms with van der Waals surface area (Å²) in [6.45, 7) is 5.49. The number of Topliss-reactive ketones (excluding diaryl/α,β-unsaturated/α-hetero) is 1. The van der Waals surface area contributed by atoms with Crippen LogP contribution >= 0.6 is 0 Å². The number of pyridine rings is 1. The molecule has 0 amide bonds. The van der Waals surface area contributed by atoms with Gasteiger partial charge >= 0.3 is 0 Å². The van der Waals surface area contributed by atoms with Crippen LogP contribution in [-0.4, -0.2) is 10.8 Å². The van der Waals surface area contributed by atoms with Gasteiger partial charge in [-0.1, -0.05) is 13.8 Å². The summed E-state index contributed by atoms with van der Waals surface area (Å²) in [5.41, 5.74) is 5.94. The third-order valence-electron chi connectivity index (χ3n) is 1.19. The maximum absolute atomic E-state index is 10.7. The zero-order valence-electron chi connectivity index (χ0n) is 7.66. The van der Waals surface area contributed by atoms with Crippen molar-refractivity contribution >= 4 is 11.6 Å². The number of hydrogen-bond acceptors (Lipinski definition) is 3. The minimum atomic E-state index is 0.00843. The smallest absolute Gasteiger partial charge is 0.159 e. The summed E-state index contributed by atoms with van der Waals surface area (Å²) in [4.78, 5) is 14.5. The zero-order chi connectivity index (χ0) is 9.56. The van der Waals surface area contributed by atoms with Crippen molar-refractivity contribution in [3.63, 3.8) is 0 Å². The van der Waals surface area contributed by atoms with Gasteiger partial charge in [0.05, 0.1) is 0 Å². The monoisotopic (exact) mass is 166 g/mol. The van der Waals surface area contributed by atoms with E-state index in [1.165, 1.54) is 13.1 Å². The van der Waals surface area contributed by atoms with E-state index < -0.39 is 0 Å². The molecule has 2 N–H and O–H groups in total. The molecule has 0 saturated heterocycles. The fourth-order valence-corrected chi connectivity index (χ4v) is 0.667. The summed E-state index contributed by atoms with van der Waals surface area (Å²) in [6.07, 6.45) is 1.52. The van der Waals surface area contributed by atoms with Gasteiger partial charge in [-0.2, -0.15) is 0 Å². The minimum Gasteiger partial charge on any atom is -0.384 e. The normalized spacial score (nSPS) is 8.25. The van der Waals surface area contributed by atoms with E-state index >= 15 is 0 Å². The first-order valence-corrected chi connectivity index (χ1v) is 3.92. The standard InChI is InChI=1S/C7H8N2O.C2H6/c1-5(10)6-2-3-9-7(8)4-6;1-2/h2-4H,1H3,(H2,8,9);1-2H3. The van der Waals surface area contributed by atoms with E-state index in [0.29, 0.717) is 11.4 Å². The number of hydrogen-bond donors (Lipinski definition) is 1. The van der Waals surface area contributed by atoms with Crippen molar-refractivity contribution in [2.45, 2.75) is 20.8 Å². The second-order valence-electron chi connectivity index (χ2n) is 2.03. The van der Waals surface area contributed by atoms with Crippen LogP contribution in [0.15, 0.2) is 18.3 Å². The quantitative estimate of drug-likeness (QED) is 0.648. The van der Waals surface area contributed by atoms with Crippen LogP contribution in [0.25, 0.3) is 0 Å². The molecule has 0 saturated carbocycles. The third kappa shape index (κ3) is 3.14. The van der Waals surface area contributed by atoms with E-state index in [1.807, 2.05) is 13.8 Å². The third-order valence-corrected chi connectivity index (χ3v) is 1.19. The maximum Gasteiger partial charge on any atom is 0.159 e. The van der Waals surface area contributed by atoms with E-state index in [2.05, 4.69) is 4.98 Å². The predicted octanol–water partition coefficient (Wildman–Crippen LogP) is 1.89. The SMILES string of the molecule is CC.CC(=O)c1ccnc(N)c1. The molecular weight excluding hydrogens is 152 g/mol. The number of rotatable bonds is 1. The van der Waals surface area contributed by atoms with Gasteiger partial charge in [-0.05, 0) is 19.1 Å². The largest absolute Gasteiger partial charge is 0.384 e. The highest BCUT2D eigenvalue weighted by molar-refractivity contribution is 5.94. The van der Waals surface area contributed by atoms with Crippen LogP contribution in [0.1, 0.15) is 31.1 Å². The van der Waals surface area contributed by atoms with Crippen LogP contribution in [0.2, 0.25) is 0 Å². The molecule has 0 aliphatic carbocycles. The second kappa shape index (κ2) is 5.29. The second-order valence-corrected chi connectivity index (χ2v) is 2.03. The first-order valence-electron chi connectivity index (χ1n) is 3.92. The Hall–Kier alpha value is -1.38. The van der Waals surface area contributed by atoms with Crippen molar-refractivity contribution in [1.82, 2.24) is 4.98 Å². The number of carbonyl (C=O) groups is 1. The van der Waals surface area contributed by atoms with Crippen molar-refractivity contribution < 1.29 is 4.79 Å². The minimum absolute atomic E-state index is 0.00843. The molecule has 0 radical (unpaired) electrons. The lowest BCUT2D eigenvalue weighted by atomic mass is 10.2. The van der Waals surface area contributed by atoms with E-state index in [1.54, 1.807) is 12.1 Å². The molecular formula is C9H14N2O. The lowest BCUT2D eigenvalue weighted by Crippen LogP contribution is -1.95. The molecule has 3 nitrogen and oxygen atoms in total. The maximum atomic E-state index is 10.7. The molecule has 3 heteroatoms. The van der Waals surface area contributed by atoms with E-state index in [0.717, 1.165) is 0 Å². The van der Waals surface area contributed by atoms with Crippen molar-refractivity contribution in [3.05, 3.63) is 23.9 Å². The zero-order valence-corrected chi connectivity index (χ0v) is 7.66. The van der Waals surface area contributed by atoms with Crippen LogP contribution in [0.4, 0.5) is 5.82 Å². The molecule has 66 valence electrons. The molecule has 0 unspecified atom stereocenters. The molecule has 1 rings (SSSR count). The molecule has 0 atom stereocenters. The van der Waals surface area contributed by atoms with Gasteiger partial charge in [0, 0.05) is 11.8 Å². The van der Waals surface area contributed by atoms with Gasteiger partial charge in [0.25, 0.3) is 0 Å². The average molecular weight is 166 g/mol. The van der Waals surface area contributed by atoms with Crippen molar-refractivity contribution in [3.8, 4) is 0 Å². The molecule has 0 spiro atoms. The number of nitrogens with zero attached hydrogens (tertiary/aromatic N) is 1. The Kier molecular flexibility index (Phi) is 4.69. The predicted molar refractivity (Wildman–Crippen MR) is 50.0 cm³/mol. The Morgan fingerprint density at radius 2 is 2.08 bits per heavy atom. The molecule has 1 aromatic rings. The topological polar surface area (TPSA) is 56.0 Å². The van der Waals surface area contributed by atoms with Crippen LogP contribution in [0.3, 0.4) is 0 Å². The molecule has 0 aliphatic rings. The highest BCUT2D eigenvalue weighted by atomic mass is 16.1. The molecule has 12 heavy (non-hydrogen) atoms. The number of anilines is 1. The van der Waals surface area contributed by atoms with Crippen LogP contribution in [0.5, 0.6) is 0 Å². The number of nitrogen functional groups attached to an aromatic ring is 1. The highest BCUT2D eigenvalue weighted by Gasteiger charge is 1.97. The molecule has 1 heterocycles. The Balaban J connectivity index is 0.000000561. The van der Waals surface area contributed by atoms with Gasteiger partial charge in [0.15, 0.2) is 5.78 Å². The summed E-state index contributed by atoms with van der Waals surface area (Å²) in [6, 6.07) is 3.20. The first kappa shape index (κ1) is 10.6. The van der Waals surface area contributed by atoms with E-state index in [-0.39, 0.29) is 5.78 Å². The van der Waals surface area contributed by atoms with Gasteiger partial charge in [0.1, 0.15) is 5.82 Å². The summed E-state index contributed by atoms with van der Waals surface area (Å²) < 4.78 is 0. The van der Waals surface area contributed by atoms with Gasteiger partial charge in [-0.15, -0.1) is 0 Å². The number of aromatic nitrogens is 1. The van der Waals surface area contributed by atoms with E-state index in [9.17, 15) is 4.79 Å². The van der Waals surface area contributed by atoms with Crippen LogP contribution in [0, 0.1) is 0 Å². The number of nitrogens with two attached hydrogens (primary N) is 1. The Labute approximate surface area is 72.6 Å². The average Bonchev–Trinajstić information content (AvgIpc) is 2.08. The lowest BCUT2D eigenvalue weighted by Gasteiger charge is -1.94. The molecule has 0 aliphatic heterocycles. The highest BCUT2D eigenvalue weighted by Crippen LogP contribution is 2.02. The van der Waals surface area contributed by atoms with Gasteiger partial charge in [-0.25, -0.2) is 4.98 Å². The van der Waals surface area contributed by atoms with E-state index in [4.69, 9.17) is 5.73 Å². The lowest BCUT2D eigenvalue weighted by molar-refractivity contribution is 0.101. The Bertz CT molecular complexity index is 258. The fraction of sp³-hybridized carbons (Fsp3) is 0.333. The Morgan fingerprint density at radius 3 is 2.42 bits per heavy atom. The molecule has 0 fully saturated rings. The van der Waals surface area contributed by atoms with Crippen molar-refractivity contribution in [2.75, 3.05) is 5.73 Å². The number of carbonyl (C=O) groups excluding carboxylic acids is 1. The van der Waals surface area contributed by atoms with Gasteiger partial charge in [-0.3, -0.25) is 4.79 Å². The summed E-state index contributed by atoms with van der Waals surface area (Å²) in [7, 11) is 0. The summed E-state index contributed by atoms with van der Waals surface area (Å²) in [5.74, 6) is 0.391. The summed E-state index contributed by atoms with van der Waals surface area (Å²) in [5, 5.41) is 0. The van der Waals surface area contributed by atoms with Crippen molar-refractivity contribution in [1.29, 1.82) is 0 Å². The number of ketones is 1. The molecule has 1 aromatic heterocycles. The molecule has 0 aromatic carbocycles. The summed E-state index contributed by atoms with van der Waals surface area (Å²) >= 11 is 0. The van der Waals surface area contributed by atoms with Gasteiger partial charge in [0.2, 0.25) is 0 Å². The van der Waals surface area contributed by atoms with Gasteiger partial charge < -0.3 is 5.73 Å². The Morgan fingerprint density at radius 1 is 1.50 bits per heavy atom. The van der Waals surface area contributed by atoms with Crippen LogP contribution < -0.4 is 5.73 Å².